The van der Waals surface area contributed by atoms with E-state index in [1.807, 2.05) is 0 Å². The molecule has 4 nitrogen and oxygen atoms in total. The molecule has 0 amide bonds. The van der Waals surface area contributed by atoms with E-state index < -0.39 is 0 Å². The Morgan fingerprint density at radius 2 is 0.685 bits per heavy atom. The molecule has 8 aromatic carbocycles. The van der Waals surface area contributed by atoms with Crippen LogP contribution < -0.4 is 9.80 Å². The Kier molecular flexibility index (Phi) is 7.15. The molecule has 0 aromatic heterocycles. The molecule has 2 aliphatic rings. The van der Waals surface area contributed by atoms with E-state index in [2.05, 4.69) is 185 Å². The molecule has 0 N–H and O–H groups in total. The molecular weight excluding hydrogens is 661 g/mol. The Balaban J connectivity index is 1.25. The summed E-state index contributed by atoms with van der Waals surface area (Å²) >= 11 is 0. The Morgan fingerprint density at radius 1 is 0.333 bits per heavy atom. The molecule has 0 bridgehead atoms. The van der Waals surface area contributed by atoms with Crippen LogP contribution in [0, 0.1) is 41.5 Å². The number of nitrogens with zero attached hydrogens (tertiary/aromatic N) is 2. The Labute approximate surface area is 315 Å². The fraction of sp³-hybridized carbons (Fsp3) is 0.120. The number of anilines is 6. The van der Waals surface area contributed by atoms with E-state index in [-0.39, 0.29) is 0 Å². The van der Waals surface area contributed by atoms with Gasteiger partial charge in [-0.25, -0.2) is 0 Å². The van der Waals surface area contributed by atoms with Crippen molar-refractivity contribution in [1.29, 1.82) is 0 Å². The minimum atomic E-state index is 0.835. The van der Waals surface area contributed by atoms with Gasteiger partial charge in [0.15, 0.2) is 0 Å². The third-order valence-electron chi connectivity index (χ3n) is 11.1. The second-order valence-electron chi connectivity index (χ2n) is 15.0. The first kappa shape index (κ1) is 32.2. The highest BCUT2D eigenvalue weighted by Crippen LogP contribution is 2.53. The van der Waals surface area contributed by atoms with Gasteiger partial charge in [0.2, 0.25) is 0 Å². The quantitative estimate of drug-likeness (QED) is 0.128. The highest BCUT2D eigenvalue weighted by atomic mass is 16.3. The summed E-state index contributed by atoms with van der Waals surface area (Å²) < 4.78 is 13.7. The SMILES string of the molecule is Cc1ccc(N(c2ccc(C)cc2C)c2ccc3oc4ccc5c(N(c6ccc(C)cc6)c6ccc(C)cc6C)ccc6oc7ccc2c3c7-c4c65)cc1. The van der Waals surface area contributed by atoms with Crippen LogP contribution in [-0.4, -0.2) is 0 Å². The van der Waals surface area contributed by atoms with Crippen LogP contribution in [-0.2, 0) is 0 Å². The lowest BCUT2D eigenvalue weighted by atomic mass is 9.89. The summed E-state index contributed by atoms with van der Waals surface area (Å²) in [7, 11) is 0. The summed E-state index contributed by atoms with van der Waals surface area (Å²) in [6.07, 6.45) is 0. The predicted molar refractivity (Wildman–Crippen MR) is 227 cm³/mol. The lowest BCUT2D eigenvalue weighted by Gasteiger charge is -2.30. The molecule has 0 spiro atoms. The molecule has 0 unspecified atom stereocenters. The molecule has 0 radical (unpaired) electrons. The lowest BCUT2D eigenvalue weighted by molar-refractivity contribution is 0.646. The molecule has 2 heterocycles. The topological polar surface area (TPSA) is 32.8 Å². The third kappa shape index (κ3) is 4.90. The molecule has 0 atom stereocenters. The maximum Gasteiger partial charge on any atom is 0.136 e. The van der Waals surface area contributed by atoms with Crippen LogP contribution >= 0.6 is 0 Å². The van der Waals surface area contributed by atoms with Crippen LogP contribution in [0.1, 0.15) is 33.4 Å². The van der Waals surface area contributed by atoms with Crippen molar-refractivity contribution in [2.45, 2.75) is 41.5 Å². The maximum absolute atomic E-state index is 6.87. The molecule has 4 heteroatoms. The van der Waals surface area contributed by atoms with Gasteiger partial charge in [0.05, 0.1) is 11.4 Å². The lowest BCUT2D eigenvalue weighted by Crippen LogP contribution is -2.13. The molecule has 10 rings (SSSR count). The van der Waals surface area contributed by atoms with E-state index in [4.69, 9.17) is 8.83 Å². The highest BCUT2D eigenvalue weighted by molar-refractivity contribution is 6.26. The van der Waals surface area contributed by atoms with Gasteiger partial charge in [-0.3, -0.25) is 0 Å². The Hall–Kier alpha value is -6.52. The summed E-state index contributed by atoms with van der Waals surface area (Å²) in [5.74, 6) is 0. The van der Waals surface area contributed by atoms with Crippen molar-refractivity contribution < 1.29 is 8.83 Å². The second-order valence-corrected chi connectivity index (χ2v) is 15.0. The summed E-state index contributed by atoms with van der Waals surface area (Å²) in [4.78, 5) is 4.77. The normalized spacial score (nSPS) is 11.9. The van der Waals surface area contributed by atoms with Crippen molar-refractivity contribution in [2.75, 3.05) is 9.80 Å². The van der Waals surface area contributed by atoms with Crippen LogP contribution in [0.25, 0.3) is 55.0 Å². The van der Waals surface area contributed by atoms with E-state index in [0.717, 1.165) is 89.1 Å². The van der Waals surface area contributed by atoms with Crippen molar-refractivity contribution in [1.82, 2.24) is 0 Å². The predicted octanol–water partition coefficient (Wildman–Crippen LogP) is 14.8. The first-order chi connectivity index (χ1) is 26.2. The van der Waals surface area contributed by atoms with Crippen molar-refractivity contribution >= 4 is 78.0 Å². The van der Waals surface area contributed by atoms with E-state index in [1.54, 1.807) is 0 Å². The zero-order valence-corrected chi connectivity index (χ0v) is 31.4. The van der Waals surface area contributed by atoms with E-state index in [1.165, 1.54) is 33.4 Å². The van der Waals surface area contributed by atoms with Crippen LogP contribution in [0.15, 0.2) is 142 Å². The second kappa shape index (κ2) is 12.0. The number of rotatable bonds is 6. The average Bonchev–Trinajstić information content (AvgIpc) is 3.16. The Morgan fingerprint density at radius 3 is 1.07 bits per heavy atom. The molecule has 262 valence electrons. The van der Waals surface area contributed by atoms with Crippen molar-refractivity contribution in [2.24, 2.45) is 0 Å². The standard InChI is InChI=1S/C50H40N2O2/c1-29-7-13-35(14-8-29)51(39-19-11-31(3)27-33(39)5)41-21-25-43-47-37(41)17-23-45-49(47)50-46(53-43)24-18-38-42(22-26-44(54-45)48(38)50)52(36-15-9-30(2)10-16-36)40-20-12-32(4)28-34(40)6/h7-28H,1-6H3. The summed E-state index contributed by atoms with van der Waals surface area (Å²) in [6.45, 7) is 13.0. The molecule has 0 saturated heterocycles. The molecule has 0 fully saturated rings. The third-order valence-corrected chi connectivity index (χ3v) is 11.1. The summed E-state index contributed by atoms with van der Waals surface area (Å²) in [5.41, 5.74) is 19.6. The Bertz CT molecular complexity index is 2790. The zero-order valence-electron chi connectivity index (χ0n) is 31.4. The number of hydrogen-bond acceptors (Lipinski definition) is 4. The fourth-order valence-electron chi connectivity index (χ4n) is 8.54. The van der Waals surface area contributed by atoms with Gasteiger partial charge in [0, 0.05) is 55.4 Å². The molecule has 54 heavy (non-hydrogen) atoms. The van der Waals surface area contributed by atoms with Crippen LogP contribution in [0.2, 0.25) is 0 Å². The largest absolute Gasteiger partial charge is 0.456 e. The highest BCUT2D eigenvalue weighted by Gasteiger charge is 2.29. The first-order valence-corrected chi connectivity index (χ1v) is 18.7. The van der Waals surface area contributed by atoms with Crippen LogP contribution in [0.4, 0.5) is 34.1 Å². The zero-order chi connectivity index (χ0) is 36.8. The van der Waals surface area contributed by atoms with Crippen molar-refractivity contribution in [3.8, 4) is 11.1 Å². The molecule has 0 saturated carbocycles. The van der Waals surface area contributed by atoms with Gasteiger partial charge in [0.1, 0.15) is 22.3 Å². The number of hydrogen-bond donors (Lipinski definition) is 0. The smallest absolute Gasteiger partial charge is 0.136 e. The van der Waals surface area contributed by atoms with Gasteiger partial charge >= 0.3 is 0 Å². The van der Waals surface area contributed by atoms with E-state index in [9.17, 15) is 0 Å². The minimum Gasteiger partial charge on any atom is -0.456 e. The molecule has 0 aliphatic carbocycles. The number of aryl methyl sites for hydroxylation is 6. The monoisotopic (exact) mass is 700 g/mol. The van der Waals surface area contributed by atoms with E-state index in [0.29, 0.717) is 0 Å². The van der Waals surface area contributed by atoms with Crippen LogP contribution in [0.5, 0.6) is 0 Å². The van der Waals surface area contributed by atoms with Gasteiger partial charge in [-0.2, -0.15) is 0 Å². The summed E-state index contributed by atoms with van der Waals surface area (Å²) in [6, 6.07) is 48.3. The van der Waals surface area contributed by atoms with Crippen molar-refractivity contribution in [3.05, 3.63) is 167 Å². The number of benzene rings is 8. The summed E-state index contributed by atoms with van der Waals surface area (Å²) in [5, 5.41) is 4.34. The van der Waals surface area contributed by atoms with Gasteiger partial charge in [-0.05, 0) is 138 Å². The fourth-order valence-corrected chi connectivity index (χ4v) is 8.54. The van der Waals surface area contributed by atoms with Gasteiger partial charge < -0.3 is 18.6 Å². The van der Waals surface area contributed by atoms with E-state index >= 15 is 0 Å². The maximum atomic E-state index is 6.87. The van der Waals surface area contributed by atoms with Gasteiger partial charge in [-0.1, -0.05) is 70.8 Å². The average molecular weight is 701 g/mol. The van der Waals surface area contributed by atoms with Gasteiger partial charge in [-0.15, -0.1) is 0 Å². The molecule has 8 aromatic rings. The van der Waals surface area contributed by atoms with Crippen LogP contribution in [0.3, 0.4) is 0 Å². The first-order valence-electron chi connectivity index (χ1n) is 18.7. The minimum absolute atomic E-state index is 0.835. The molecular formula is C50H40N2O2. The van der Waals surface area contributed by atoms with Gasteiger partial charge in [0.25, 0.3) is 0 Å². The molecule has 2 aliphatic heterocycles. The van der Waals surface area contributed by atoms with Crippen molar-refractivity contribution in [3.63, 3.8) is 0 Å².